The van der Waals surface area contributed by atoms with Crippen molar-refractivity contribution < 1.29 is 9.69 Å². The topological polar surface area (TPSA) is 33.5 Å². The van der Waals surface area contributed by atoms with Crippen LogP contribution in [0.15, 0.2) is 24.3 Å². The Labute approximate surface area is 116 Å². The van der Waals surface area contributed by atoms with Crippen LogP contribution in [0.1, 0.15) is 38.8 Å². The van der Waals surface area contributed by atoms with E-state index < -0.39 is 0 Å². The lowest BCUT2D eigenvalue weighted by atomic mass is 9.98. The Hall–Kier alpha value is -1.35. The lowest BCUT2D eigenvalue weighted by molar-refractivity contribution is -0.929. The maximum absolute atomic E-state index is 12.2. The molecule has 0 aliphatic carbocycles. The van der Waals surface area contributed by atoms with Crippen molar-refractivity contribution in [2.75, 3.05) is 6.54 Å². The Morgan fingerprint density at radius 1 is 1.26 bits per heavy atom. The number of hydrogen-bond acceptors (Lipinski definition) is 1. The Kier molecular flexibility index (Phi) is 3.95. The standard InChI is InChI=1S/C16H24N2O/c1-12(15(19)17-16(2,3)4)18-10-9-13-7-5-6-8-14(13)11-18/h5-8,12H,9-11H2,1-4H3,(H,17,19)/p+1/t12-/m1/s1. The Morgan fingerprint density at radius 3 is 2.53 bits per heavy atom. The van der Waals surface area contributed by atoms with Crippen molar-refractivity contribution in [2.45, 2.75) is 52.2 Å². The highest BCUT2D eigenvalue weighted by atomic mass is 16.2. The maximum atomic E-state index is 12.2. The van der Waals surface area contributed by atoms with Gasteiger partial charge in [-0.1, -0.05) is 24.3 Å². The van der Waals surface area contributed by atoms with Crippen LogP contribution < -0.4 is 10.2 Å². The van der Waals surface area contributed by atoms with Gasteiger partial charge in [0.05, 0.1) is 6.54 Å². The molecule has 0 saturated carbocycles. The number of carbonyl (C=O) groups excluding carboxylic acids is 1. The van der Waals surface area contributed by atoms with Gasteiger partial charge in [0.25, 0.3) is 5.91 Å². The van der Waals surface area contributed by atoms with Gasteiger partial charge in [-0.3, -0.25) is 4.79 Å². The molecular formula is C16H25N2O+. The van der Waals surface area contributed by atoms with Crippen LogP contribution in [0.5, 0.6) is 0 Å². The number of amides is 1. The molecule has 1 aliphatic heterocycles. The fourth-order valence-corrected chi connectivity index (χ4v) is 2.63. The van der Waals surface area contributed by atoms with Gasteiger partial charge in [0.2, 0.25) is 0 Å². The van der Waals surface area contributed by atoms with Gasteiger partial charge in [-0.05, 0) is 33.3 Å². The average Bonchev–Trinajstić information content (AvgIpc) is 2.35. The third-order valence-corrected chi connectivity index (χ3v) is 3.76. The summed E-state index contributed by atoms with van der Waals surface area (Å²) in [6, 6.07) is 8.57. The number of rotatable bonds is 2. The molecule has 0 aromatic heterocycles. The minimum Gasteiger partial charge on any atom is -0.346 e. The molecule has 2 rings (SSSR count). The van der Waals surface area contributed by atoms with Crippen LogP contribution in [0, 0.1) is 0 Å². The van der Waals surface area contributed by atoms with E-state index in [1.54, 1.807) is 0 Å². The number of fused-ring (bicyclic) bond motifs is 1. The van der Waals surface area contributed by atoms with E-state index in [0.717, 1.165) is 19.5 Å². The highest BCUT2D eigenvalue weighted by Gasteiger charge is 2.30. The van der Waals surface area contributed by atoms with E-state index in [1.165, 1.54) is 16.0 Å². The zero-order valence-corrected chi connectivity index (χ0v) is 12.4. The predicted octanol–water partition coefficient (Wildman–Crippen LogP) is 0.931. The Balaban J connectivity index is 2.02. The van der Waals surface area contributed by atoms with Crippen LogP contribution in [0.3, 0.4) is 0 Å². The van der Waals surface area contributed by atoms with Gasteiger partial charge in [0.15, 0.2) is 6.04 Å². The molecule has 0 radical (unpaired) electrons. The van der Waals surface area contributed by atoms with E-state index in [1.807, 2.05) is 27.7 Å². The van der Waals surface area contributed by atoms with Crippen LogP contribution in [-0.4, -0.2) is 24.0 Å². The average molecular weight is 261 g/mol. The second kappa shape index (κ2) is 5.33. The van der Waals surface area contributed by atoms with Crippen LogP contribution in [-0.2, 0) is 17.8 Å². The van der Waals surface area contributed by atoms with Crippen molar-refractivity contribution in [1.29, 1.82) is 0 Å². The molecule has 3 heteroatoms. The third-order valence-electron chi connectivity index (χ3n) is 3.76. The summed E-state index contributed by atoms with van der Waals surface area (Å²) in [4.78, 5) is 13.6. The van der Waals surface area contributed by atoms with E-state index in [0.29, 0.717) is 0 Å². The van der Waals surface area contributed by atoms with Gasteiger partial charge in [-0.15, -0.1) is 0 Å². The normalized spacial score (nSPS) is 20.5. The first-order chi connectivity index (χ1) is 8.87. The Bertz CT molecular complexity index is 462. The summed E-state index contributed by atoms with van der Waals surface area (Å²) in [5, 5.41) is 3.08. The summed E-state index contributed by atoms with van der Waals surface area (Å²) < 4.78 is 0. The molecule has 0 saturated heterocycles. The fraction of sp³-hybridized carbons (Fsp3) is 0.562. The molecule has 19 heavy (non-hydrogen) atoms. The molecule has 104 valence electrons. The van der Waals surface area contributed by atoms with E-state index >= 15 is 0 Å². The molecule has 1 aliphatic rings. The quantitative estimate of drug-likeness (QED) is 0.816. The van der Waals surface area contributed by atoms with Gasteiger partial charge >= 0.3 is 0 Å². The Morgan fingerprint density at radius 2 is 1.89 bits per heavy atom. The zero-order valence-electron chi connectivity index (χ0n) is 12.4. The molecule has 1 amide bonds. The second-order valence-electron chi connectivity index (χ2n) is 6.56. The smallest absolute Gasteiger partial charge is 0.278 e. The lowest BCUT2D eigenvalue weighted by Crippen LogP contribution is -3.16. The van der Waals surface area contributed by atoms with Crippen molar-refractivity contribution in [2.24, 2.45) is 0 Å². The van der Waals surface area contributed by atoms with Gasteiger partial charge < -0.3 is 10.2 Å². The molecule has 3 nitrogen and oxygen atoms in total. The lowest BCUT2D eigenvalue weighted by Gasteiger charge is -2.31. The number of benzene rings is 1. The number of quaternary nitrogens is 1. The summed E-state index contributed by atoms with van der Waals surface area (Å²) in [6.07, 6.45) is 1.07. The molecule has 1 aromatic carbocycles. The van der Waals surface area contributed by atoms with Crippen molar-refractivity contribution in [3.63, 3.8) is 0 Å². The maximum Gasteiger partial charge on any atom is 0.278 e. The van der Waals surface area contributed by atoms with Crippen molar-refractivity contribution in [3.05, 3.63) is 35.4 Å². The third kappa shape index (κ3) is 3.57. The molecule has 1 unspecified atom stereocenters. The summed E-state index contributed by atoms with van der Waals surface area (Å²) in [6.45, 7) is 10.1. The molecule has 1 aromatic rings. The molecule has 0 fully saturated rings. The fourth-order valence-electron chi connectivity index (χ4n) is 2.63. The molecular weight excluding hydrogens is 236 g/mol. The first kappa shape index (κ1) is 14.1. The number of hydrogen-bond donors (Lipinski definition) is 2. The largest absolute Gasteiger partial charge is 0.346 e. The van der Waals surface area contributed by atoms with Gasteiger partial charge in [-0.2, -0.15) is 0 Å². The molecule has 1 heterocycles. The molecule has 0 bridgehead atoms. The minimum atomic E-state index is -0.154. The second-order valence-corrected chi connectivity index (χ2v) is 6.56. The first-order valence-corrected chi connectivity index (χ1v) is 7.10. The summed E-state index contributed by atoms with van der Waals surface area (Å²) in [7, 11) is 0. The van der Waals surface area contributed by atoms with Gasteiger partial charge in [-0.25, -0.2) is 0 Å². The van der Waals surface area contributed by atoms with E-state index in [9.17, 15) is 4.79 Å². The van der Waals surface area contributed by atoms with Gasteiger partial charge in [0, 0.05) is 17.5 Å². The highest BCUT2D eigenvalue weighted by Crippen LogP contribution is 2.11. The minimum absolute atomic E-state index is 0.00702. The van der Waals surface area contributed by atoms with E-state index in [2.05, 4.69) is 29.6 Å². The van der Waals surface area contributed by atoms with Crippen molar-refractivity contribution in [3.8, 4) is 0 Å². The molecule has 0 spiro atoms. The van der Waals surface area contributed by atoms with Crippen LogP contribution >= 0.6 is 0 Å². The SMILES string of the molecule is C[C@H](C(=O)NC(C)(C)C)[NH+]1CCc2ccccc2C1. The first-order valence-electron chi connectivity index (χ1n) is 7.10. The predicted molar refractivity (Wildman–Crippen MR) is 77.0 cm³/mol. The summed E-state index contributed by atoms with van der Waals surface area (Å²) in [5.41, 5.74) is 2.67. The van der Waals surface area contributed by atoms with E-state index in [-0.39, 0.29) is 17.5 Å². The van der Waals surface area contributed by atoms with Crippen LogP contribution in [0.2, 0.25) is 0 Å². The number of carbonyl (C=O) groups is 1. The summed E-state index contributed by atoms with van der Waals surface area (Å²) in [5.74, 6) is 0.155. The van der Waals surface area contributed by atoms with Gasteiger partial charge in [0.1, 0.15) is 6.54 Å². The monoisotopic (exact) mass is 261 g/mol. The van der Waals surface area contributed by atoms with Crippen molar-refractivity contribution >= 4 is 5.91 Å². The van der Waals surface area contributed by atoms with E-state index in [4.69, 9.17) is 0 Å². The van der Waals surface area contributed by atoms with Crippen LogP contribution in [0.4, 0.5) is 0 Å². The van der Waals surface area contributed by atoms with Crippen molar-refractivity contribution in [1.82, 2.24) is 5.32 Å². The number of nitrogens with one attached hydrogen (secondary N) is 2. The van der Waals surface area contributed by atoms with Crippen LogP contribution in [0.25, 0.3) is 0 Å². The summed E-state index contributed by atoms with van der Waals surface area (Å²) >= 11 is 0. The highest BCUT2D eigenvalue weighted by molar-refractivity contribution is 5.80. The molecule has 2 N–H and O–H groups in total. The molecule has 2 atom stereocenters. The zero-order chi connectivity index (χ0) is 14.0.